The molecule has 0 amide bonds. The van der Waals surface area contributed by atoms with Crippen molar-refractivity contribution in [3.05, 3.63) is 65.2 Å². The molecule has 0 saturated carbocycles. The van der Waals surface area contributed by atoms with Crippen LogP contribution in [0.15, 0.2) is 48.5 Å². The zero-order chi connectivity index (χ0) is 33.2. The van der Waals surface area contributed by atoms with Crippen molar-refractivity contribution < 1.29 is 23.7 Å². The molecular weight excluding hydrogens is 598 g/mol. The Balaban J connectivity index is 1.10. The molecule has 0 aliphatic carbocycles. The van der Waals surface area contributed by atoms with Crippen LogP contribution in [0, 0.1) is 0 Å². The number of carbonyl (C=O) groups excluding carboxylic acids is 1. The predicted molar refractivity (Wildman–Crippen MR) is 181 cm³/mol. The lowest BCUT2D eigenvalue weighted by molar-refractivity contribution is -0.139. The van der Waals surface area contributed by atoms with E-state index in [2.05, 4.69) is 63.0 Å². The Morgan fingerprint density at radius 1 is 0.957 bits per heavy atom. The van der Waals surface area contributed by atoms with E-state index < -0.39 is 0 Å². The maximum Gasteiger partial charge on any atom is 0.320 e. The van der Waals surface area contributed by atoms with Crippen LogP contribution < -0.4 is 19.9 Å². The molecule has 2 N–H and O–H groups in total. The van der Waals surface area contributed by atoms with Crippen molar-refractivity contribution >= 4 is 23.0 Å². The quantitative estimate of drug-likeness (QED) is 0.138. The van der Waals surface area contributed by atoms with Gasteiger partial charge in [0.1, 0.15) is 12.4 Å². The van der Waals surface area contributed by atoms with Gasteiger partial charge in [-0.15, -0.1) is 0 Å². The molecule has 4 aromatic rings. The molecule has 0 unspecified atom stereocenters. The fourth-order valence-electron chi connectivity index (χ4n) is 5.84. The Kier molecular flexibility index (Phi) is 11.9. The molecule has 1 aliphatic heterocycles. The summed E-state index contributed by atoms with van der Waals surface area (Å²) in [6.45, 7) is 7.63. The number of nitrogens with two attached hydrogens (primary N) is 1. The third kappa shape index (κ3) is 9.11. The number of likely N-dealkylation sites (tertiary alicyclic amines) is 1. The van der Waals surface area contributed by atoms with E-state index in [0.29, 0.717) is 43.0 Å². The van der Waals surface area contributed by atoms with Crippen molar-refractivity contribution in [2.45, 2.75) is 58.2 Å². The third-order valence-electron chi connectivity index (χ3n) is 8.62. The van der Waals surface area contributed by atoms with Gasteiger partial charge in [-0.25, -0.2) is 0 Å². The molecule has 0 bridgehead atoms. The summed E-state index contributed by atoms with van der Waals surface area (Å²) in [6, 6.07) is 17.5. The molecule has 12 nitrogen and oxygen atoms in total. The van der Waals surface area contributed by atoms with E-state index in [1.165, 1.54) is 12.7 Å². The molecule has 0 radical (unpaired) electrons. The minimum absolute atomic E-state index is 0.246. The number of hydrogen-bond acceptors (Lipinski definition) is 11. The average molecular weight is 646 g/mol. The lowest BCUT2D eigenvalue weighted by Gasteiger charge is -2.36. The lowest BCUT2D eigenvalue weighted by Crippen LogP contribution is -2.44. The highest BCUT2D eigenvalue weighted by molar-refractivity contribution is 5.83. The second kappa shape index (κ2) is 16.4. The van der Waals surface area contributed by atoms with E-state index in [1.807, 2.05) is 28.8 Å². The number of imidazole rings is 1. The van der Waals surface area contributed by atoms with Gasteiger partial charge >= 0.3 is 12.0 Å². The number of likely N-dealkylation sites (N-methyl/N-ethyl adjacent to an activating group) is 1. The highest BCUT2D eigenvalue weighted by atomic mass is 16.5. The number of nitrogens with zero attached hydrogens (tertiary/aromatic N) is 6. The predicted octanol–water partition coefficient (Wildman–Crippen LogP) is 4.34. The summed E-state index contributed by atoms with van der Waals surface area (Å²) in [4.78, 5) is 29.9. The largest absolute Gasteiger partial charge is 0.492 e. The van der Waals surface area contributed by atoms with Crippen LogP contribution in [0.2, 0.25) is 0 Å². The monoisotopic (exact) mass is 645 g/mol. The zero-order valence-electron chi connectivity index (χ0n) is 28.0. The smallest absolute Gasteiger partial charge is 0.320 e. The van der Waals surface area contributed by atoms with Crippen molar-refractivity contribution in [2.24, 2.45) is 0 Å². The number of anilines is 1. The van der Waals surface area contributed by atoms with Gasteiger partial charge in [0.05, 0.1) is 33.8 Å². The first kappa shape index (κ1) is 33.9. The number of fused-ring (bicyclic) bond motifs is 1. The molecule has 1 fully saturated rings. The first-order valence-corrected chi connectivity index (χ1v) is 16.4. The summed E-state index contributed by atoms with van der Waals surface area (Å²) in [7, 11) is 5.17. The Labute approximate surface area is 276 Å². The van der Waals surface area contributed by atoms with Crippen LogP contribution in [0.4, 0.5) is 5.82 Å². The SMILES string of the molecule is CCCCOc1nc(N)c2nc(OC)n(Cc3ccc(CN4CCC(N(C)CCOc5cccc(CC(=O)OC)c5)CC4)cc3)c2n1. The van der Waals surface area contributed by atoms with E-state index in [9.17, 15) is 4.79 Å². The van der Waals surface area contributed by atoms with Gasteiger partial charge in [-0.3, -0.25) is 19.2 Å². The van der Waals surface area contributed by atoms with Gasteiger partial charge in [0.2, 0.25) is 0 Å². The molecule has 12 heteroatoms. The number of carbonyl (C=O) groups is 1. The number of methoxy groups -OCH3 is 2. The van der Waals surface area contributed by atoms with Crippen molar-refractivity contribution in [3.8, 4) is 17.8 Å². The summed E-state index contributed by atoms with van der Waals surface area (Å²) in [5.74, 6) is 0.797. The van der Waals surface area contributed by atoms with Crippen molar-refractivity contribution in [1.29, 1.82) is 0 Å². The van der Waals surface area contributed by atoms with Crippen LogP contribution in [0.5, 0.6) is 17.8 Å². The van der Waals surface area contributed by atoms with Crippen LogP contribution in [0.1, 0.15) is 49.3 Å². The number of piperidine rings is 1. The number of nitrogen functional groups attached to an aromatic ring is 1. The number of esters is 1. The van der Waals surface area contributed by atoms with E-state index >= 15 is 0 Å². The Hall–Kier alpha value is -4.42. The Morgan fingerprint density at radius 3 is 2.40 bits per heavy atom. The highest BCUT2D eigenvalue weighted by Crippen LogP contribution is 2.27. The van der Waals surface area contributed by atoms with Gasteiger partial charge < -0.3 is 24.7 Å². The molecule has 0 spiro atoms. The molecule has 1 aliphatic rings. The van der Waals surface area contributed by atoms with E-state index in [-0.39, 0.29) is 24.2 Å². The fraction of sp³-hybridized carbons (Fsp3) is 0.486. The number of unbranched alkanes of at least 4 members (excludes halogenated alkanes) is 1. The Morgan fingerprint density at radius 2 is 1.70 bits per heavy atom. The van der Waals surface area contributed by atoms with Crippen LogP contribution in [0.25, 0.3) is 11.2 Å². The molecule has 5 rings (SSSR count). The van der Waals surface area contributed by atoms with Crippen molar-refractivity contribution in [3.63, 3.8) is 0 Å². The average Bonchev–Trinajstić information content (AvgIpc) is 3.43. The normalized spacial score (nSPS) is 14.1. The highest BCUT2D eigenvalue weighted by Gasteiger charge is 2.23. The van der Waals surface area contributed by atoms with Crippen LogP contribution >= 0.6 is 0 Å². The van der Waals surface area contributed by atoms with Gasteiger partial charge in [-0.1, -0.05) is 49.7 Å². The van der Waals surface area contributed by atoms with E-state index in [0.717, 1.165) is 68.7 Å². The summed E-state index contributed by atoms with van der Waals surface area (Å²) in [5.41, 5.74) is 10.6. The number of benzene rings is 2. The van der Waals surface area contributed by atoms with Gasteiger partial charge in [-0.05, 0) is 68.2 Å². The topological polar surface area (TPSA) is 130 Å². The summed E-state index contributed by atoms with van der Waals surface area (Å²) >= 11 is 0. The standard InChI is InChI=1S/C35H47N7O5/c1-5-6-19-47-34-38-32(36)31-33(39-34)42(35(37-31)45-4)24-26-12-10-25(11-13-26)23-41-16-14-28(15-17-41)40(2)18-20-46-29-9-7-8-27(21-29)22-30(43)44-3/h7-13,21,28H,5-6,14-20,22-24H2,1-4H3,(H2,36,38,39). The maximum atomic E-state index is 11.6. The molecule has 0 atom stereocenters. The maximum absolute atomic E-state index is 11.6. The molecule has 2 aromatic heterocycles. The van der Waals surface area contributed by atoms with Gasteiger partial charge in [0, 0.05) is 19.1 Å². The van der Waals surface area contributed by atoms with Crippen molar-refractivity contribution in [2.75, 3.05) is 59.8 Å². The molecule has 47 heavy (non-hydrogen) atoms. The van der Waals surface area contributed by atoms with Crippen LogP contribution in [-0.4, -0.2) is 95.4 Å². The van der Waals surface area contributed by atoms with Gasteiger partial charge in [-0.2, -0.15) is 15.0 Å². The minimum Gasteiger partial charge on any atom is -0.492 e. The summed E-state index contributed by atoms with van der Waals surface area (Å²) in [6.07, 6.45) is 4.41. The third-order valence-corrected chi connectivity index (χ3v) is 8.62. The Bertz CT molecular complexity index is 1600. The number of hydrogen-bond donors (Lipinski definition) is 1. The fourth-order valence-corrected chi connectivity index (χ4v) is 5.84. The zero-order valence-corrected chi connectivity index (χ0v) is 28.0. The lowest BCUT2D eigenvalue weighted by atomic mass is 10.0. The summed E-state index contributed by atoms with van der Waals surface area (Å²) in [5, 5.41) is 0. The number of rotatable bonds is 16. The van der Waals surface area contributed by atoms with Gasteiger partial charge in [0.15, 0.2) is 17.0 Å². The molecular formula is C35H47N7O5. The van der Waals surface area contributed by atoms with E-state index in [1.54, 1.807) is 7.11 Å². The van der Waals surface area contributed by atoms with Crippen LogP contribution in [-0.2, 0) is 29.0 Å². The second-order valence-corrected chi connectivity index (χ2v) is 12.0. The van der Waals surface area contributed by atoms with Crippen LogP contribution in [0.3, 0.4) is 0 Å². The molecule has 252 valence electrons. The molecule has 1 saturated heterocycles. The van der Waals surface area contributed by atoms with Gasteiger partial charge in [0.25, 0.3) is 6.01 Å². The van der Waals surface area contributed by atoms with E-state index in [4.69, 9.17) is 24.7 Å². The number of aromatic nitrogens is 4. The first-order chi connectivity index (χ1) is 22.9. The molecule has 3 heterocycles. The minimum atomic E-state index is -0.254. The number of ether oxygens (including phenoxy) is 4. The summed E-state index contributed by atoms with van der Waals surface area (Å²) < 4.78 is 24.0. The first-order valence-electron chi connectivity index (χ1n) is 16.4. The van der Waals surface area contributed by atoms with Crippen molar-refractivity contribution in [1.82, 2.24) is 29.3 Å². The second-order valence-electron chi connectivity index (χ2n) is 12.0. The molecule has 2 aromatic carbocycles.